The highest BCUT2D eigenvalue weighted by Gasteiger charge is 2.10. The number of anilines is 1. The summed E-state index contributed by atoms with van der Waals surface area (Å²) in [6.07, 6.45) is 0. The Morgan fingerprint density at radius 2 is 1.82 bits per heavy atom. The molecule has 3 aromatic rings. The number of carbonyl (C=O) groups is 1. The minimum absolute atomic E-state index is 0.117. The number of imidazole rings is 1. The topological polar surface area (TPSA) is 46.9 Å². The predicted molar refractivity (Wildman–Crippen MR) is 89.3 cm³/mol. The summed E-state index contributed by atoms with van der Waals surface area (Å²) < 4.78 is 2.01. The molecule has 0 saturated heterocycles. The van der Waals surface area contributed by atoms with Gasteiger partial charge in [0.25, 0.3) is 5.91 Å². The van der Waals surface area contributed by atoms with Crippen molar-refractivity contribution in [1.82, 2.24) is 9.55 Å². The summed E-state index contributed by atoms with van der Waals surface area (Å²) >= 11 is 0. The number of aromatic nitrogens is 2. The molecule has 1 amide bonds. The zero-order valence-corrected chi connectivity index (χ0v) is 13.3. The van der Waals surface area contributed by atoms with Crippen LogP contribution in [0.25, 0.3) is 11.0 Å². The molecule has 3 rings (SSSR count). The molecule has 0 spiro atoms. The molecular weight excluding hydrogens is 274 g/mol. The van der Waals surface area contributed by atoms with Crippen molar-refractivity contribution in [3.8, 4) is 0 Å². The Balaban J connectivity index is 1.89. The summed E-state index contributed by atoms with van der Waals surface area (Å²) in [5.74, 6) is 0.815. The summed E-state index contributed by atoms with van der Waals surface area (Å²) in [5, 5.41) is 2.94. The Labute approximate surface area is 129 Å². The summed E-state index contributed by atoms with van der Waals surface area (Å²) in [5.41, 5.74) is 5.67. The van der Waals surface area contributed by atoms with Crippen molar-refractivity contribution in [2.75, 3.05) is 5.32 Å². The zero-order valence-electron chi connectivity index (χ0n) is 13.3. The SMILES string of the molecule is Cc1ccc(NC(=O)c2ccc3c(c2)nc(C)n3C)cc1C. The van der Waals surface area contributed by atoms with Gasteiger partial charge in [0.2, 0.25) is 0 Å². The van der Waals surface area contributed by atoms with Gasteiger partial charge in [0.15, 0.2) is 0 Å². The van der Waals surface area contributed by atoms with Crippen molar-refractivity contribution in [3.63, 3.8) is 0 Å². The van der Waals surface area contributed by atoms with E-state index in [4.69, 9.17) is 0 Å². The van der Waals surface area contributed by atoms with E-state index in [1.165, 1.54) is 5.56 Å². The molecule has 112 valence electrons. The van der Waals surface area contributed by atoms with Crippen molar-refractivity contribution in [2.45, 2.75) is 20.8 Å². The molecule has 1 N–H and O–H groups in total. The number of aryl methyl sites for hydroxylation is 4. The third kappa shape index (κ3) is 2.48. The second-order valence-corrected chi connectivity index (χ2v) is 5.67. The van der Waals surface area contributed by atoms with Crippen molar-refractivity contribution in [1.29, 1.82) is 0 Å². The van der Waals surface area contributed by atoms with Crippen LogP contribution < -0.4 is 5.32 Å². The third-order valence-corrected chi connectivity index (χ3v) is 4.13. The van der Waals surface area contributed by atoms with Crippen LogP contribution in [-0.4, -0.2) is 15.5 Å². The number of fused-ring (bicyclic) bond motifs is 1. The fourth-order valence-electron chi connectivity index (χ4n) is 2.48. The molecule has 0 aliphatic carbocycles. The molecule has 0 aliphatic rings. The van der Waals surface area contributed by atoms with E-state index in [0.29, 0.717) is 5.56 Å². The molecule has 0 unspecified atom stereocenters. The quantitative estimate of drug-likeness (QED) is 0.782. The van der Waals surface area contributed by atoms with E-state index in [2.05, 4.69) is 17.2 Å². The highest BCUT2D eigenvalue weighted by atomic mass is 16.1. The lowest BCUT2D eigenvalue weighted by molar-refractivity contribution is 0.102. The minimum Gasteiger partial charge on any atom is -0.331 e. The van der Waals surface area contributed by atoms with Crippen molar-refractivity contribution in [3.05, 3.63) is 58.9 Å². The van der Waals surface area contributed by atoms with Gasteiger partial charge in [-0.15, -0.1) is 0 Å². The molecule has 4 heteroatoms. The van der Waals surface area contributed by atoms with Gasteiger partial charge in [0, 0.05) is 18.3 Å². The van der Waals surface area contributed by atoms with Crippen LogP contribution in [0.15, 0.2) is 36.4 Å². The van der Waals surface area contributed by atoms with Gasteiger partial charge in [-0.25, -0.2) is 4.98 Å². The highest BCUT2D eigenvalue weighted by Crippen LogP contribution is 2.19. The molecule has 0 saturated carbocycles. The Morgan fingerprint density at radius 3 is 2.55 bits per heavy atom. The van der Waals surface area contributed by atoms with E-state index < -0.39 is 0 Å². The first kappa shape index (κ1) is 14.3. The smallest absolute Gasteiger partial charge is 0.255 e. The second-order valence-electron chi connectivity index (χ2n) is 5.67. The molecule has 2 aromatic carbocycles. The number of benzene rings is 2. The normalized spacial score (nSPS) is 10.9. The lowest BCUT2D eigenvalue weighted by Crippen LogP contribution is -2.12. The zero-order chi connectivity index (χ0) is 15.9. The highest BCUT2D eigenvalue weighted by molar-refractivity contribution is 6.06. The van der Waals surface area contributed by atoms with Crippen LogP contribution in [0.4, 0.5) is 5.69 Å². The molecule has 22 heavy (non-hydrogen) atoms. The van der Waals surface area contributed by atoms with E-state index >= 15 is 0 Å². The summed E-state index contributed by atoms with van der Waals surface area (Å²) in [6, 6.07) is 11.5. The number of rotatable bonds is 2. The number of amides is 1. The number of hydrogen-bond donors (Lipinski definition) is 1. The van der Waals surface area contributed by atoms with E-state index in [9.17, 15) is 4.79 Å². The van der Waals surface area contributed by atoms with Crippen LogP contribution in [-0.2, 0) is 7.05 Å². The largest absolute Gasteiger partial charge is 0.331 e. The number of carbonyl (C=O) groups excluding carboxylic acids is 1. The summed E-state index contributed by atoms with van der Waals surface area (Å²) in [4.78, 5) is 16.9. The van der Waals surface area contributed by atoms with E-state index in [-0.39, 0.29) is 5.91 Å². The van der Waals surface area contributed by atoms with Gasteiger partial charge in [0.05, 0.1) is 11.0 Å². The minimum atomic E-state index is -0.117. The molecule has 0 aliphatic heterocycles. The molecule has 0 bridgehead atoms. The Kier molecular flexibility index (Phi) is 3.45. The van der Waals surface area contributed by atoms with Crippen molar-refractivity contribution < 1.29 is 4.79 Å². The number of hydrogen-bond acceptors (Lipinski definition) is 2. The number of nitrogens with zero attached hydrogens (tertiary/aromatic N) is 2. The monoisotopic (exact) mass is 293 g/mol. The van der Waals surface area contributed by atoms with Crippen LogP contribution in [0.2, 0.25) is 0 Å². The molecule has 0 fully saturated rings. The molecular formula is C18H19N3O. The average molecular weight is 293 g/mol. The van der Waals surface area contributed by atoms with E-state index in [1.54, 1.807) is 0 Å². The fraction of sp³-hybridized carbons (Fsp3) is 0.222. The van der Waals surface area contributed by atoms with Gasteiger partial charge in [-0.2, -0.15) is 0 Å². The fourth-order valence-corrected chi connectivity index (χ4v) is 2.48. The van der Waals surface area contributed by atoms with Crippen LogP contribution in [0, 0.1) is 20.8 Å². The first-order chi connectivity index (χ1) is 10.5. The Bertz CT molecular complexity index is 877. The van der Waals surface area contributed by atoms with Crippen LogP contribution >= 0.6 is 0 Å². The number of nitrogens with one attached hydrogen (secondary N) is 1. The van der Waals surface area contributed by atoms with Gasteiger partial charge in [-0.3, -0.25) is 4.79 Å². The van der Waals surface area contributed by atoms with E-state index in [1.807, 2.05) is 61.9 Å². The maximum atomic E-state index is 12.4. The first-order valence-electron chi connectivity index (χ1n) is 7.27. The molecule has 0 radical (unpaired) electrons. The summed E-state index contributed by atoms with van der Waals surface area (Å²) in [6.45, 7) is 6.04. The molecule has 1 aromatic heterocycles. The van der Waals surface area contributed by atoms with Crippen LogP contribution in [0.1, 0.15) is 27.3 Å². The Morgan fingerprint density at radius 1 is 1.05 bits per heavy atom. The van der Waals surface area contributed by atoms with Crippen molar-refractivity contribution in [2.24, 2.45) is 7.05 Å². The first-order valence-corrected chi connectivity index (χ1v) is 7.27. The Hall–Kier alpha value is -2.62. The van der Waals surface area contributed by atoms with Gasteiger partial charge in [-0.05, 0) is 62.2 Å². The van der Waals surface area contributed by atoms with Crippen molar-refractivity contribution >= 4 is 22.6 Å². The summed E-state index contributed by atoms with van der Waals surface area (Å²) in [7, 11) is 1.97. The van der Waals surface area contributed by atoms with Gasteiger partial charge in [0.1, 0.15) is 5.82 Å². The molecule has 1 heterocycles. The maximum absolute atomic E-state index is 12.4. The van der Waals surface area contributed by atoms with Crippen LogP contribution in [0.5, 0.6) is 0 Å². The standard InChI is InChI=1S/C18H19N3O/c1-11-5-7-15(9-12(11)2)20-18(22)14-6-8-17-16(10-14)19-13(3)21(17)4/h5-10H,1-4H3,(H,20,22). The third-order valence-electron chi connectivity index (χ3n) is 4.13. The van der Waals surface area contributed by atoms with E-state index in [0.717, 1.165) is 28.1 Å². The molecule has 0 atom stereocenters. The lowest BCUT2D eigenvalue weighted by Gasteiger charge is -2.08. The van der Waals surface area contributed by atoms with Gasteiger partial charge < -0.3 is 9.88 Å². The molecule has 4 nitrogen and oxygen atoms in total. The van der Waals surface area contributed by atoms with Gasteiger partial charge in [-0.1, -0.05) is 6.07 Å². The van der Waals surface area contributed by atoms with Gasteiger partial charge >= 0.3 is 0 Å². The van der Waals surface area contributed by atoms with Crippen LogP contribution in [0.3, 0.4) is 0 Å². The lowest BCUT2D eigenvalue weighted by atomic mass is 10.1. The second kappa shape index (κ2) is 5.30. The average Bonchev–Trinajstić information content (AvgIpc) is 2.77. The predicted octanol–water partition coefficient (Wildman–Crippen LogP) is 3.75. The maximum Gasteiger partial charge on any atom is 0.255 e.